The number of hydrogen-bond donors (Lipinski definition) is 2. The number of rotatable bonds is 2. The van der Waals surface area contributed by atoms with E-state index in [0.29, 0.717) is 6.42 Å². The molecule has 0 spiro atoms. The van der Waals surface area contributed by atoms with Gasteiger partial charge >= 0.3 is 12.0 Å². The van der Waals surface area contributed by atoms with E-state index in [-0.39, 0.29) is 12.1 Å². The Bertz CT molecular complexity index is 273. The Labute approximate surface area is 82.4 Å². The molecule has 0 heterocycles. The van der Waals surface area contributed by atoms with Crippen molar-refractivity contribution in [2.75, 3.05) is 14.1 Å². The molecule has 0 saturated heterocycles. The van der Waals surface area contributed by atoms with E-state index in [2.05, 4.69) is 5.32 Å². The monoisotopic (exact) mass is 198 g/mol. The van der Waals surface area contributed by atoms with E-state index in [4.69, 9.17) is 5.11 Å². The van der Waals surface area contributed by atoms with Gasteiger partial charge in [0.05, 0.1) is 12.0 Å². The molecule has 0 aliphatic heterocycles. The number of carbonyl (C=O) groups excluding carboxylic acids is 1. The van der Waals surface area contributed by atoms with Crippen molar-refractivity contribution in [3.8, 4) is 0 Å². The second-order valence-corrected chi connectivity index (χ2v) is 3.52. The number of carboxylic acid groups (broad SMARTS) is 1. The summed E-state index contributed by atoms with van der Waals surface area (Å²) >= 11 is 0. The Morgan fingerprint density at radius 1 is 1.43 bits per heavy atom. The number of hydrogen-bond acceptors (Lipinski definition) is 2. The van der Waals surface area contributed by atoms with E-state index in [1.165, 1.54) is 4.90 Å². The second-order valence-electron chi connectivity index (χ2n) is 3.52. The Morgan fingerprint density at radius 2 is 2.07 bits per heavy atom. The molecule has 0 saturated carbocycles. The number of nitrogens with zero attached hydrogens (tertiary/aromatic N) is 1. The standard InChI is InChI=1S/C9H14N2O3/c1-11(2)9(14)10-7-4-3-6(5-7)8(12)13/h3-4,6-7H,5H2,1-2H3,(H,10,14)(H,12,13). The van der Waals surface area contributed by atoms with Gasteiger partial charge in [-0.2, -0.15) is 0 Å². The van der Waals surface area contributed by atoms with Crippen LogP contribution in [0.3, 0.4) is 0 Å². The maximum Gasteiger partial charge on any atom is 0.317 e. The zero-order chi connectivity index (χ0) is 10.7. The van der Waals surface area contributed by atoms with Crippen LogP contribution in [0.1, 0.15) is 6.42 Å². The maximum atomic E-state index is 11.2. The van der Waals surface area contributed by atoms with Crippen molar-refractivity contribution >= 4 is 12.0 Å². The normalized spacial score (nSPS) is 24.7. The van der Waals surface area contributed by atoms with Crippen molar-refractivity contribution < 1.29 is 14.7 Å². The van der Waals surface area contributed by atoms with Gasteiger partial charge in [0.2, 0.25) is 0 Å². The molecule has 14 heavy (non-hydrogen) atoms. The van der Waals surface area contributed by atoms with Crippen molar-refractivity contribution in [3.05, 3.63) is 12.2 Å². The van der Waals surface area contributed by atoms with E-state index in [1.54, 1.807) is 26.2 Å². The summed E-state index contributed by atoms with van der Waals surface area (Å²) in [5, 5.41) is 11.4. The van der Waals surface area contributed by atoms with Crippen LogP contribution in [-0.2, 0) is 4.79 Å². The first-order chi connectivity index (χ1) is 6.50. The van der Waals surface area contributed by atoms with Crippen LogP contribution >= 0.6 is 0 Å². The molecule has 5 heteroatoms. The quantitative estimate of drug-likeness (QED) is 0.626. The van der Waals surface area contributed by atoms with Gasteiger partial charge in [-0.3, -0.25) is 4.79 Å². The van der Waals surface area contributed by atoms with Gasteiger partial charge in [0, 0.05) is 14.1 Å². The minimum Gasteiger partial charge on any atom is -0.481 e. The Kier molecular flexibility index (Phi) is 3.11. The Hall–Kier alpha value is -1.52. The van der Waals surface area contributed by atoms with Gasteiger partial charge in [-0.15, -0.1) is 0 Å². The van der Waals surface area contributed by atoms with E-state index in [1.807, 2.05) is 0 Å². The number of urea groups is 1. The van der Waals surface area contributed by atoms with Crippen molar-refractivity contribution in [1.82, 2.24) is 10.2 Å². The molecule has 0 aromatic carbocycles. The molecule has 0 radical (unpaired) electrons. The fraction of sp³-hybridized carbons (Fsp3) is 0.556. The SMILES string of the molecule is CN(C)C(=O)NC1C=CC(C(=O)O)C1. The molecular formula is C9H14N2O3. The highest BCUT2D eigenvalue weighted by atomic mass is 16.4. The molecule has 5 nitrogen and oxygen atoms in total. The summed E-state index contributed by atoms with van der Waals surface area (Å²) in [7, 11) is 3.28. The third-order valence-corrected chi connectivity index (χ3v) is 2.12. The van der Waals surface area contributed by atoms with Crippen LogP contribution in [-0.4, -0.2) is 42.1 Å². The number of aliphatic carboxylic acids is 1. The average Bonchev–Trinajstić information content (AvgIpc) is 2.52. The van der Waals surface area contributed by atoms with E-state index in [0.717, 1.165) is 0 Å². The number of carbonyl (C=O) groups is 2. The summed E-state index contributed by atoms with van der Waals surface area (Å²) in [6.45, 7) is 0. The summed E-state index contributed by atoms with van der Waals surface area (Å²) < 4.78 is 0. The third-order valence-electron chi connectivity index (χ3n) is 2.12. The molecule has 2 atom stereocenters. The summed E-state index contributed by atoms with van der Waals surface area (Å²) in [5.74, 6) is -1.31. The maximum absolute atomic E-state index is 11.2. The van der Waals surface area contributed by atoms with Crippen LogP contribution in [0.15, 0.2) is 12.2 Å². The van der Waals surface area contributed by atoms with Crippen molar-refractivity contribution in [1.29, 1.82) is 0 Å². The molecule has 0 bridgehead atoms. The van der Waals surface area contributed by atoms with Crippen molar-refractivity contribution in [2.45, 2.75) is 12.5 Å². The summed E-state index contributed by atoms with van der Waals surface area (Å²) in [4.78, 5) is 23.2. The molecule has 0 aromatic heterocycles. The highest BCUT2D eigenvalue weighted by Gasteiger charge is 2.25. The van der Waals surface area contributed by atoms with Gasteiger partial charge in [-0.25, -0.2) is 4.79 Å². The fourth-order valence-corrected chi connectivity index (χ4v) is 1.28. The van der Waals surface area contributed by atoms with E-state index < -0.39 is 11.9 Å². The lowest BCUT2D eigenvalue weighted by molar-refractivity contribution is -0.140. The average molecular weight is 198 g/mol. The minimum absolute atomic E-state index is 0.161. The predicted octanol–water partition coefficient (Wildman–Crippen LogP) is 0.287. The zero-order valence-corrected chi connectivity index (χ0v) is 8.23. The van der Waals surface area contributed by atoms with Crippen LogP contribution in [0.4, 0.5) is 4.79 Å². The largest absolute Gasteiger partial charge is 0.481 e. The van der Waals surface area contributed by atoms with Crippen LogP contribution in [0.5, 0.6) is 0 Å². The molecule has 1 aliphatic rings. The number of nitrogens with one attached hydrogen (secondary N) is 1. The number of amides is 2. The third kappa shape index (κ3) is 2.48. The first-order valence-electron chi connectivity index (χ1n) is 4.39. The van der Waals surface area contributed by atoms with E-state index >= 15 is 0 Å². The van der Waals surface area contributed by atoms with Crippen LogP contribution in [0, 0.1) is 5.92 Å². The van der Waals surface area contributed by atoms with Gasteiger partial charge in [-0.05, 0) is 6.42 Å². The van der Waals surface area contributed by atoms with Gasteiger partial charge < -0.3 is 15.3 Å². The molecule has 0 fully saturated rings. The van der Waals surface area contributed by atoms with Gasteiger partial charge in [0.15, 0.2) is 0 Å². The van der Waals surface area contributed by atoms with Gasteiger partial charge in [-0.1, -0.05) is 12.2 Å². The molecule has 1 rings (SSSR count). The van der Waals surface area contributed by atoms with Crippen molar-refractivity contribution in [2.24, 2.45) is 5.92 Å². The van der Waals surface area contributed by atoms with E-state index in [9.17, 15) is 9.59 Å². The van der Waals surface area contributed by atoms with Crippen LogP contribution < -0.4 is 5.32 Å². The number of carboxylic acids is 1. The summed E-state index contributed by atoms with van der Waals surface area (Å²) in [6.07, 6.45) is 3.78. The molecule has 0 aromatic rings. The summed E-state index contributed by atoms with van der Waals surface area (Å²) in [6, 6.07) is -0.364. The lowest BCUT2D eigenvalue weighted by Gasteiger charge is -2.16. The van der Waals surface area contributed by atoms with Crippen molar-refractivity contribution in [3.63, 3.8) is 0 Å². The fourth-order valence-electron chi connectivity index (χ4n) is 1.28. The molecule has 78 valence electrons. The highest BCUT2D eigenvalue weighted by Crippen LogP contribution is 2.17. The first kappa shape index (κ1) is 10.6. The summed E-state index contributed by atoms with van der Waals surface area (Å²) in [5.41, 5.74) is 0. The Morgan fingerprint density at radius 3 is 2.50 bits per heavy atom. The molecule has 2 amide bonds. The minimum atomic E-state index is -0.845. The lowest BCUT2D eigenvalue weighted by atomic mass is 10.1. The van der Waals surface area contributed by atoms with Crippen LogP contribution in [0.25, 0.3) is 0 Å². The lowest BCUT2D eigenvalue weighted by Crippen LogP contribution is -2.40. The highest BCUT2D eigenvalue weighted by molar-refractivity contribution is 5.76. The molecular weight excluding hydrogens is 184 g/mol. The van der Waals surface area contributed by atoms with Gasteiger partial charge in [0.1, 0.15) is 0 Å². The van der Waals surface area contributed by atoms with Crippen LogP contribution in [0.2, 0.25) is 0 Å². The predicted molar refractivity (Wildman–Crippen MR) is 50.9 cm³/mol. The molecule has 2 N–H and O–H groups in total. The van der Waals surface area contributed by atoms with Gasteiger partial charge in [0.25, 0.3) is 0 Å². The Balaban J connectivity index is 2.41. The first-order valence-corrected chi connectivity index (χ1v) is 4.39. The topological polar surface area (TPSA) is 69.6 Å². The smallest absolute Gasteiger partial charge is 0.317 e. The second kappa shape index (κ2) is 4.13. The molecule has 1 aliphatic carbocycles. The zero-order valence-electron chi connectivity index (χ0n) is 8.23. The molecule has 2 unspecified atom stereocenters.